The maximum absolute atomic E-state index is 10.9. The minimum atomic E-state index is -0.420. The molecule has 0 aliphatic rings. The van der Waals surface area contributed by atoms with Crippen LogP contribution in [0.25, 0.3) is 0 Å². The first kappa shape index (κ1) is 13.5. The van der Waals surface area contributed by atoms with E-state index >= 15 is 0 Å². The molecule has 0 bridgehead atoms. The summed E-state index contributed by atoms with van der Waals surface area (Å²) in [6, 6.07) is 8.58. The van der Waals surface area contributed by atoms with E-state index in [-0.39, 0.29) is 12.2 Å². The number of para-hydroxylation sites is 1. The van der Waals surface area contributed by atoms with Gasteiger partial charge in [-0.25, -0.2) is 0 Å². The van der Waals surface area contributed by atoms with Crippen molar-refractivity contribution in [3.05, 3.63) is 51.2 Å². The number of hydrogen-bond acceptors (Lipinski definition) is 5. The first-order chi connectivity index (χ1) is 9.54. The van der Waals surface area contributed by atoms with Crippen molar-refractivity contribution in [1.29, 1.82) is 5.26 Å². The molecule has 0 unspecified atom stereocenters. The van der Waals surface area contributed by atoms with E-state index in [0.29, 0.717) is 22.6 Å². The average Bonchev–Trinajstić information content (AvgIpc) is 2.70. The summed E-state index contributed by atoms with van der Waals surface area (Å²) in [6.07, 6.45) is 0. The number of nitrogens with one attached hydrogen (secondary N) is 1. The highest BCUT2D eigenvalue weighted by Gasteiger charge is 2.15. The van der Waals surface area contributed by atoms with Crippen molar-refractivity contribution in [1.82, 2.24) is 9.78 Å². The molecule has 0 spiro atoms. The van der Waals surface area contributed by atoms with Gasteiger partial charge in [-0.1, -0.05) is 18.2 Å². The van der Waals surface area contributed by atoms with Crippen molar-refractivity contribution < 1.29 is 4.92 Å². The van der Waals surface area contributed by atoms with Crippen LogP contribution in [0.15, 0.2) is 24.3 Å². The van der Waals surface area contributed by atoms with Crippen LogP contribution in [0.1, 0.15) is 16.8 Å². The summed E-state index contributed by atoms with van der Waals surface area (Å²) in [5, 5.41) is 27.2. The lowest BCUT2D eigenvalue weighted by Gasteiger charge is -2.07. The second-order valence-corrected chi connectivity index (χ2v) is 4.28. The number of aryl methyl sites for hydroxylation is 2. The van der Waals surface area contributed by atoms with Crippen molar-refractivity contribution in [3.8, 4) is 6.07 Å². The van der Waals surface area contributed by atoms with Crippen LogP contribution in [0.4, 0.5) is 11.5 Å². The predicted octanol–water partition coefficient (Wildman–Crippen LogP) is 2.12. The number of aromatic nitrogens is 2. The number of nitriles is 1. The number of anilines is 1. The fourth-order valence-corrected chi connectivity index (χ4v) is 2.01. The highest BCUT2D eigenvalue weighted by atomic mass is 16.6. The summed E-state index contributed by atoms with van der Waals surface area (Å²) in [5.41, 5.74) is 1.68. The Morgan fingerprint density at radius 3 is 2.85 bits per heavy atom. The Morgan fingerprint density at radius 2 is 2.20 bits per heavy atom. The second kappa shape index (κ2) is 5.40. The molecule has 20 heavy (non-hydrogen) atoms. The SMILES string of the molecule is Cc1nn(C)c(NCc2ccccc2[N+](=O)[O-])c1C#N. The van der Waals surface area contributed by atoms with E-state index in [1.807, 2.05) is 0 Å². The fraction of sp³-hybridized carbons (Fsp3) is 0.231. The van der Waals surface area contributed by atoms with Crippen LogP contribution in [0.3, 0.4) is 0 Å². The summed E-state index contributed by atoms with van der Waals surface area (Å²) in [6.45, 7) is 2.00. The van der Waals surface area contributed by atoms with Crippen LogP contribution in [-0.2, 0) is 13.6 Å². The zero-order valence-electron chi connectivity index (χ0n) is 11.1. The Labute approximate surface area is 115 Å². The van der Waals surface area contributed by atoms with Gasteiger partial charge in [-0.05, 0) is 6.92 Å². The Balaban J connectivity index is 2.26. The third kappa shape index (κ3) is 2.44. The number of rotatable bonds is 4. The van der Waals surface area contributed by atoms with Crippen LogP contribution in [0.5, 0.6) is 0 Å². The van der Waals surface area contributed by atoms with Gasteiger partial charge >= 0.3 is 0 Å². The summed E-state index contributed by atoms with van der Waals surface area (Å²) in [7, 11) is 1.72. The molecule has 1 aromatic carbocycles. The van der Waals surface area contributed by atoms with Gasteiger partial charge in [0.2, 0.25) is 0 Å². The zero-order valence-corrected chi connectivity index (χ0v) is 11.1. The molecular formula is C13H13N5O2. The molecule has 102 valence electrons. The minimum Gasteiger partial charge on any atom is -0.365 e. The molecule has 0 aliphatic carbocycles. The van der Waals surface area contributed by atoms with Gasteiger partial charge in [-0.3, -0.25) is 14.8 Å². The second-order valence-electron chi connectivity index (χ2n) is 4.28. The zero-order chi connectivity index (χ0) is 14.7. The molecule has 2 aromatic rings. The van der Waals surface area contributed by atoms with E-state index in [1.165, 1.54) is 6.07 Å². The van der Waals surface area contributed by atoms with Crippen LogP contribution < -0.4 is 5.32 Å². The standard InChI is InChI=1S/C13H13N5O2/c1-9-11(7-14)13(17(2)16-9)15-8-10-5-3-4-6-12(10)18(19)20/h3-6,15H,8H2,1-2H3. The Morgan fingerprint density at radius 1 is 1.50 bits per heavy atom. The molecule has 7 nitrogen and oxygen atoms in total. The van der Waals surface area contributed by atoms with Crippen molar-refractivity contribution in [2.75, 3.05) is 5.32 Å². The molecule has 0 fully saturated rings. The first-order valence-electron chi connectivity index (χ1n) is 5.94. The van der Waals surface area contributed by atoms with Gasteiger partial charge in [0.05, 0.1) is 10.6 Å². The number of nitro groups is 1. The molecule has 0 atom stereocenters. The Bertz CT molecular complexity index is 699. The summed E-state index contributed by atoms with van der Waals surface area (Å²) in [5.74, 6) is 0.558. The summed E-state index contributed by atoms with van der Waals surface area (Å²) in [4.78, 5) is 10.5. The molecule has 1 N–H and O–H groups in total. The molecule has 1 aromatic heterocycles. The molecule has 0 aliphatic heterocycles. The van der Waals surface area contributed by atoms with E-state index < -0.39 is 4.92 Å². The van der Waals surface area contributed by atoms with Gasteiger partial charge in [-0.15, -0.1) is 0 Å². The predicted molar refractivity (Wildman–Crippen MR) is 73.1 cm³/mol. The van der Waals surface area contributed by atoms with Gasteiger partial charge in [0, 0.05) is 25.2 Å². The van der Waals surface area contributed by atoms with Crippen LogP contribution in [0, 0.1) is 28.4 Å². The fourth-order valence-electron chi connectivity index (χ4n) is 2.01. The third-order valence-electron chi connectivity index (χ3n) is 2.97. The van der Waals surface area contributed by atoms with E-state index in [4.69, 9.17) is 5.26 Å². The quantitative estimate of drug-likeness (QED) is 0.678. The van der Waals surface area contributed by atoms with Crippen molar-refractivity contribution in [3.63, 3.8) is 0 Å². The van der Waals surface area contributed by atoms with Crippen LogP contribution in [0.2, 0.25) is 0 Å². The highest BCUT2D eigenvalue weighted by molar-refractivity contribution is 5.56. The van der Waals surface area contributed by atoms with Gasteiger partial charge in [0.25, 0.3) is 5.69 Å². The monoisotopic (exact) mass is 271 g/mol. The van der Waals surface area contributed by atoms with Crippen molar-refractivity contribution >= 4 is 11.5 Å². The van der Waals surface area contributed by atoms with Crippen LogP contribution in [-0.4, -0.2) is 14.7 Å². The summed E-state index contributed by atoms with van der Waals surface area (Å²) < 4.78 is 1.56. The number of nitrogens with zero attached hydrogens (tertiary/aromatic N) is 4. The van der Waals surface area contributed by atoms with E-state index in [0.717, 1.165) is 0 Å². The van der Waals surface area contributed by atoms with Gasteiger partial charge in [-0.2, -0.15) is 10.4 Å². The van der Waals surface area contributed by atoms with E-state index in [1.54, 1.807) is 36.9 Å². The molecule has 7 heteroatoms. The lowest BCUT2D eigenvalue weighted by Crippen LogP contribution is -2.07. The minimum absolute atomic E-state index is 0.0531. The first-order valence-corrected chi connectivity index (χ1v) is 5.94. The van der Waals surface area contributed by atoms with E-state index in [2.05, 4.69) is 16.5 Å². The molecule has 0 radical (unpaired) electrons. The van der Waals surface area contributed by atoms with Crippen LogP contribution >= 0.6 is 0 Å². The topological polar surface area (TPSA) is 96.8 Å². The smallest absolute Gasteiger partial charge is 0.274 e. The van der Waals surface area contributed by atoms with Crippen molar-refractivity contribution in [2.45, 2.75) is 13.5 Å². The number of nitro benzene ring substituents is 1. The molecule has 1 heterocycles. The Kier molecular flexibility index (Phi) is 3.66. The average molecular weight is 271 g/mol. The summed E-state index contributed by atoms with van der Waals surface area (Å²) >= 11 is 0. The van der Waals surface area contributed by atoms with E-state index in [9.17, 15) is 10.1 Å². The molecule has 0 saturated carbocycles. The number of hydrogen-bond donors (Lipinski definition) is 1. The maximum Gasteiger partial charge on any atom is 0.274 e. The molecular weight excluding hydrogens is 258 g/mol. The number of benzene rings is 1. The normalized spacial score (nSPS) is 10.1. The largest absolute Gasteiger partial charge is 0.365 e. The van der Waals surface area contributed by atoms with Crippen molar-refractivity contribution in [2.24, 2.45) is 7.05 Å². The molecule has 0 saturated heterocycles. The van der Waals surface area contributed by atoms with Gasteiger partial charge < -0.3 is 5.32 Å². The van der Waals surface area contributed by atoms with Gasteiger partial charge in [0.15, 0.2) is 0 Å². The Hall–Kier alpha value is -2.88. The highest BCUT2D eigenvalue weighted by Crippen LogP contribution is 2.21. The lowest BCUT2D eigenvalue weighted by molar-refractivity contribution is -0.385. The maximum atomic E-state index is 10.9. The molecule has 2 rings (SSSR count). The lowest BCUT2D eigenvalue weighted by atomic mass is 10.2. The van der Waals surface area contributed by atoms with Gasteiger partial charge in [0.1, 0.15) is 17.5 Å². The molecule has 0 amide bonds. The third-order valence-corrected chi connectivity index (χ3v) is 2.97.